The summed E-state index contributed by atoms with van der Waals surface area (Å²) >= 11 is 0. The molecule has 1 amide bonds. The fourth-order valence-corrected chi connectivity index (χ4v) is 1.89. The number of esters is 1. The van der Waals surface area contributed by atoms with E-state index in [-0.39, 0.29) is 18.6 Å². The molecule has 0 aliphatic carbocycles. The molecule has 5 heteroatoms. The Bertz CT molecular complexity index is 486. The molecule has 1 rings (SSSR count). The molecule has 0 spiro atoms. The molecular weight excluding hydrogens is 256 g/mol. The van der Waals surface area contributed by atoms with Gasteiger partial charge in [-0.05, 0) is 38.0 Å². The maximum absolute atomic E-state index is 11.9. The van der Waals surface area contributed by atoms with E-state index in [4.69, 9.17) is 10.5 Å². The molecule has 1 unspecified atom stereocenters. The van der Waals surface area contributed by atoms with Crippen molar-refractivity contribution in [3.63, 3.8) is 0 Å². The summed E-state index contributed by atoms with van der Waals surface area (Å²) in [6.45, 7) is 5.48. The van der Waals surface area contributed by atoms with E-state index < -0.39 is 5.97 Å². The fourth-order valence-electron chi connectivity index (χ4n) is 1.89. The van der Waals surface area contributed by atoms with E-state index >= 15 is 0 Å². The van der Waals surface area contributed by atoms with Crippen LogP contribution in [0, 0.1) is 6.92 Å². The number of carbonyl (C=O) groups is 2. The number of hydrogen-bond donors (Lipinski definition) is 2. The van der Waals surface area contributed by atoms with Gasteiger partial charge in [0.1, 0.15) is 0 Å². The van der Waals surface area contributed by atoms with Crippen LogP contribution in [0.25, 0.3) is 0 Å². The number of ether oxygens (including phenoxy) is 1. The molecule has 5 nitrogen and oxygen atoms in total. The van der Waals surface area contributed by atoms with Crippen molar-refractivity contribution in [1.82, 2.24) is 5.32 Å². The number of nitrogen functional groups attached to an aromatic ring is 1. The van der Waals surface area contributed by atoms with Crippen molar-refractivity contribution in [2.24, 2.45) is 0 Å². The third kappa shape index (κ3) is 4.91. The maximum Gasteiger partial charge on any atom is 0.338 e. The smallest absolute Gasteiger partial charge is 0.338 e. The summed E-state index contributed by atoms with van der Waals surface area (Å²) in [6.07, 6.45) is 1.89. The highest BCUT2D eigenvalue weighted by Crippen LogP contribution is 2.13. The highest BCUT2D eigenvalue weighted by Gasteiger charge is 2.14. The second-order valence-corrected chi connectivity index (χ2v) is 4.91. The monoisotopic (exact) mass is 278 g/mol. The van der Waals surface area contributed by atoms with Gasteiger partial charge in [-0.15, -0.1) is 0 Å². The van der Waals surface area contributed by atoms with Crippen LogP contribution >= 0.6 is 0 Å². The summed E-state index contributed by atoms with van der Waals surface area (Å²) in [5.41, 5.74) is 7.28. The summed E-state index contributed by atoms with van der Waals surface area (Å²) in [7, 11) is 0. The molecule has 0 saturated heterocycles. The Hall–Kier alpha value is -2.04. The molecule has 1 aromatic carbocycles. The highest BCUT2D eigenvalue weighted by atomic mass is 16.5. The molecule has 0 fully saturated rings. The van der Waals surface area contributed by atoms with Gasteiger partial charge in [0.05, 0.1) is 5.56 Å². The molecule has 1 aromatic rings. The first-order valence-corrected chi connectivity index (χ1v) is 6.76. The maximum atomic E-state index is 11.9. The van der Waals surface area contributed by atoms with Crippen LogP contribution in [0.15, 0.2) is 18.2 Å². The van der Waals surface area contributed by atoms with E-state index in [1.807, 2.05) is 13.8 Å². The van der Waals surface area contributed by atoms with Crippen molar-refractivity contribution in [3.8, 4) is 0 Å². The van der Waals surface area contributed by atoms with Crippen molar-refractivity contribution in [1.29, 1.82) is 0 Å². The average Bonchev–Trinajstić information content (AvgIpc) is 2.39. The molecular formula is C15H22N2O3. The van der Waals surface area contributed by atoms with Crippen LogP contribution in [0.3, 0.4) is 0 Å². The predicted molar refractivity (Wildman–Crippen MR) is 78.4 cm³/mol. The van der Waals surface area contributed by atoms with E-state index in [2.05, 4.69) is 5.32 Å². The predicted octanol–water partition coefficient (Wildman–Crippen LogP) is 2.04. The first kappa shape index (κ1) is 16.0. The Kier molecular flexibility index (Phi) is 6.03. The number of nitrogens with one attached hydrogen (secondary N) is 1. The highest BCUT2D eigenvalue weighted by molar-refractivity contribution is 5.93. The number of rotatable bonds is 6. The number of hydrogen-bond acceptors (Lipinski definition) is 4. The molecule has 0 heterocycles. The molecule has 1 atom stereocenters. The van der Waals surface area contributed by atoms with Gasteiger partial charge in [0.15, 0.2) is 6.61 Å². The van der Waals surface area contributed by atoms with Crippen molar-refractivity contribution in [2.75, 3.05) is 12.3 Å². The second-order valence-electron chi connectivity index (χ2n) is 4.91. The first-order valence-electron chi connectivity index (χ1n) is 6.76. The summed E-state index contributed by atoms with van der Waals surface area (Å²) in [5, 5.41) is 2.77. The Morgan fingerprint density at radius 1 is 1.40 bits per heavy atom. The number of aryl methyl sites for hydroxylation is 1. The van der Waals surface area contributed by atoms with E-state index in [9.17, 15) is 9.59 Å². The van der Waals surface area contributed by atoms with Gasteiger partial charge in [-0.1, -0.05) is 19.4 Å². The Labute approximate surface area is 119 Å². The second kappa shape index (κ2) is 7.53. The minimum absolute atomic E-state index is 0.0836. The Morgan fingerprint density at radius 3 is 2.75 bits per heavy atom. The Balaban J connectivity index is 2.51. The molecule has 0 bridgehead atoms. The standard InChI is InChI=1S/C15H22N2O3/c1-4-5-11(3)17-14(18)9-20-15(19)13-8-12(16)7-6-10(13)2/h6-8,11H,4-5,9,16H2,1-3H3,(H,17,18). The van der Waals surface area contributed by atoms with Gasteiger partial charge in [0, 0.05) is 11.7 Å². The number of anilines is 1. The molecule has 0 aliphatic rings. The number of carbonyl (C=O) groups excluding carboxylic acids is 2. The molecule has 110 valence electrons. The minimum atomic E-state index is -0.534. The van der Waals surface area contributed by atoms with Crippen LogP contribution in [0.5, 0.6) is 0 Å². The summed E-state index contributed by atoms with van der Waals surface area (Å²) < 4.78 is 5.00. The first-order chi connectivity index (χ1) is 9.43. The SMILES string of the molecule is CCCC(C)NC(=O)COC(=O)c1cc(N)ccc1C. The quantitative estimate of drug-likeness (QED) is 0.616. The largest absolute Gasteiger partial charge is 0.452 e. The van der Waals surface area contributed by atoms with Gasteiger partial charge in [-0.2, -0.15) is 0 Å². The van der Waals surface area contributed by atoms with Crippen molar-refractivity contribution < 1.29 is 14.3 Å². The molecule has 0 saturated carbocycles. The molecule has 20 heavy (non-hydrogen) atoms. The number of amides is 1. The van der Waals surface area contributed by atoms with Gasteiger partial charge < -0.3 is 15.8 Å². The number of benzene rings is 1. The van der Waals surface area contributed by atoms with Crippen LogP contribution in [0.1, 0.15) is 42.6 Å². The molecule has 3 N–H and O–H groups in total. The van der Waals surface area contributed by atoms with Gasteiger partial charge >= 0.3 is 5.97 Å². The van der Waals surface area contributed by atoms with Crippen LogP contribution in [-0.2, 0) is 9.53 Å². The van der Waals surface area contributed by atoms with Gasteiger partial charge in [-0.25, -0.2) is 4.79 Å². The topological polar surface area (TPSA) is 81.4 Å². The van der Waals surface area contributed by atoms with Gasteiger partial charge in [0.25, 0.3) is 5.91 Å². The zero-order valence-corrected chi connectivity index (χ0v) is 12.2. The van der Waals surface area contributed by atoms with Crippen molar-refractivity contribution >= 4 is 17.6 Å². The van der Waals surface area contributed by atoms with Crippen molar-refractivity contribution in [3.05, 3.63) is 29.3 Å². The summed E-state index contributed by atoms with van der Waals surface area (Å²) in [4.78, 5) is 23.5. The third-order valence-corrected chi connectivity index (χ3v) is 2.94. The fraction of sp³-hybridized carbons (Fsp3) is 0.467. The van der Waals surface area contributed by atoms with E-state index in [0.717, 1.165) is 18.4 Å². The third-order valence-electron chi connectivity index (χ3n) is 2.94. The Morgan fingerprint density at radius 2 is 2.10 bits per heavy atom. The van der Waals surface area contributed by atoms with E-state index in [0.29, 0.717) is 11.3 Å². The van der Waals surface area contributed by atoms with Crippen LogP contribution in [0.4, 0.5) is 5.69 Å². The molecule has 0 radical (unpaired) electrons. The minimum Gasteiger partial charge on any atom is -0.452 e. The zero-order chi connectivity index (χ0) is 15.1. The zero-order valence-electron chi connectivity index (χ0n) is 12.2. The van der Waals surface area contributed by atoms with Crippen molar-refractivity contribution in [2.45, 2.75) is 39.7 Å². The number of nitrogens with two attached hydrogens (primary N) is 1. The van der Waals surface area contributed by atoms with Crippen LogP contribution < -0.4 is 11.1 Å². The van der Waals surface area contributed by atoms with Crippen LogP contribution in [0.2, 0.25) is 0 Å². The lowest BCUT2D eigenvalue weighted by Crippen LogP contribution is -2.35. The lowest BCUT2D eigenvalue weighted by atomic mass is 10.1. The van der Waals surface area contributed by atoms with Gasteiger partial charge in [0.2, 0.25) is 0 Å². The lowest BCUT2D eigenvalue weighted by Gasteiger charge is -2.13. The average molecular weight is 278 g/mol. The van der Waals surface area contributed by atoms with E-state index in [1.54, 1.807) is 25.1 Å². The molecule has 0 aliphatic heterocycles. The summed E-state index contributed by atoms with van der Waals surface area (Å²) in [6, 6.07) is 5.09. The summed E-state index contributed by atoms with van der Waals surface area (Å²) in [5.74, 6) is -0.825. The molecule has 0 aromatic heterocycles. The van der Waals surface area contributed by atoms with Gasteiger partial charge in [-0.3, -0.25) is 4.79 Å². The normalized spacial score (nSPS) is 11.8. The lowest BCUT2D eigenvalue weighted by molar-refractivity contribution is -0.124. The van der Waals surface area contributed by atoms with E-state index in [1.165, 1.54) is 0 Å². The van der Waals surface area contributed by atoms with Crippen LogP contribution in [-0.4, -0.2) is 24.5 Å².